The average molecular weight is 836 g/mol. The van der Waals surface area contributed by atoms with Crippen LogP contribution >= 0.6 is 0 Å². The summed E-state index contributed by atoms with van der Waals surface area (Å²) in [6.45, 7) is 0. The topological polar surface area (TPSA) is 18.5 Å². The molecule has 8 rings (SSSR count). The number of ether oxygens (including phenoxy) is 2. The van der Waals surface area contributed by atoms with E-state index in [9.17, 15) is 0 Å². The van der Waals surface area contributed by atoms with E-state index in [4.69, 9.17) is 9.47 Å². The van der Waals surface area contributed by atoms with Gasteiger partial charge in [-0.25, -0.2) is 0 Å². The van der Waals surface area contributed by atoms with E-state index in [1.807, 2.05) is 0 Å². The SMILES string of the molecule is c1ccc([S+](c2ccccc2)c2ccc(Oc3ccc([I+]c4ccc(Oc5ccc([S+](c6ccccc6)c6ccccc6)cc5)cc4)cc3)cc2)cc1. The van der Waals surface area contributed by atoms with Crippen LogP contribution in [0.1, 0.15) is 0 Å². The van der Waals surface area contributed by atoms with Gasteiger partial charge in [0, 0.05) is 0 Å². The third-order valence-electron chi connectivity index (χ3n) is 8.35. The number of hydrogen-bond acceptors (Lipinski definition) is 2. The average Bonchev–Trinajstić information content (AvgIpc) is 3.22. The van der Waals surface area contributed by atoms with Crippen LogP contribution in [0.4, 0.5) is 0 Å². The van der Waals surface area contributed by atoms with Crippen molar-refractivity contribution in [1.82, 2.24) is 0 Å². The quantitative estimate of drug-likeness (QED) is 0.0903. The van der Waals surface area contributed by atoms with Crippen molar-refractivity contribution in [3.63, 3.8) is 0 Å². The zero-order valence-corrected chi connectivity index (χ0v) is 32.6. The summed E-state index contributed by atoms with van der Waals surface area (Å²) in [7, 11) is -0.357. The lowest BCUT2D eigenvalue weighted by atomic mass is 10.3. The number of halogens is 1. The Morgan fingerprint density at radius 1 is 0.245 bits per heavy atom. The van der Waals surface area contributed by atoms with Crippen molar-refractivity contribution in [1.29, 1.82) is 0 Å². The first kappa shape index (κ1) is 34.9. The molecule has 0 aliphatic carbocycles. The van der Waals surface area contributed by atoms with E-state index in [1.165, 1.54) is 36.5 Å². The van der Waals surface area contributed by atoms with Crippen molar-refractivity contribution < 1.29 is 30.7 Å². The molecule has 8 aromatic carbocycles. The Hall–Kier alpha value is -5.21. The van der Waals surface area contributed by atoms with Crippen molar-refractivity contribution in [2.75, 3.05) is 0 Å². The zero-order chi connectivity index (χ0) is 35.7. The zero-order valence-electron chi connectivity index (χ0n) is 28.8. The monoisotopic (exact) mass is 835 g/mol. The van der Waals surface area contributed by atoms with Crippen LogP contribution in [-0.4, -0.2) is 0 Å². The van der Waals surface area contributed by atoms with Crippen molar-refractivity contribution in [3.8, 4) is 23.0 Å². The van der Waals surface area contributed by atoms with Gasteiger partial charge in [0.2, 0.25) is 0 Å². The van der Waals surface area contributed by atoms with Gasteiger partial charge in [-0.2, -0.15) is 0 Å². The van der Waals surface area contributed by atoms with Crippen LogP contribution in [0.3, 0.4) is 0 Å². The fourth-order valence-corrected chi connectivity index (χ4v) is 12.2. The Balaban J connectivity index is 0.882. The Morgan fingerprint density at radius 2 is 0.472 bits per heavy atom. The van der Waals surface area contributed by atoms with E-state index in [1.54, 1.807) is 0 Å². The lowest BCUT2D eigenvalue weighted by molar-refractivity contribution is -0.597. The molecule has 0 unspecified atom stereocenters. The molecule has 0 N–H and O–H groups in total. The van der Waals surface area contributed by atoms with Crippen molar-refractivity contribution in [2.24, 2.45) is 0 Å². The van der Waals surface area contributed by atoms with E-state index in [0.717, 1.165) is 23.0 Å². The van der Waals surface area contributed by atoms with Gasteiger partial charge >= 0.3 is 21.2 Å². The summed E-state index contributed by atoms with van der Waals surface area (Å²) in [5, 5.41) is 0. The van der Waals surface area contributed by atoms with Crippen LogP contribution in [0.25, 0.3) is 0 Å². The van der Waals surface area contributed by atoms with E-state index in [2.05, 4.69) is 218 Å². The predicted octanol–water partition coefficient (Wildman–Crippen LogP) is 9.59. The molecule has 0 saturated heterocycles. The fraction of sp³-hybridized carbons (Fsp3) is 0. The maximum absolute atomic E-state index is 6.27. The highest BCUT2D eigenvalue weighted by atomic mass is 127. The first-order valence-corrected chi connectivity index (χ1v) is 22.0. The second-order valence-electron chi connectivity index (χ2n) is 12.0. The van der Waals surface area contributed by atoms with Crippen molar-refractivity contribution in [3.05, 3.63) is 226 Å². The van der Waals surface area contributed by atoms with Gasteiger partial charge in [-0.1, -0.05) is 72.8 Å². The molecule has 0 saturated carbocycles. The molecule has 0 aliphatic rings. The molecule has 256 valence electrons. The number of benzene rings is 8. The third-order valence-corrected chi connectivity index (χ3v) is 15.5. The van der Waals surface area contributed by atoms with Crippen LogP contribution < -0.4 is 30.7 Å². The normalized spacial score (nSPS) is 11.1. The lowest BCUT2D eigenvalue weighted by Crippen LogP contribution is -3.61. The molecule has 0 bridgehead atoms. The summed E-state index contributed by atoms with van der Waals surface area (Å²) in [6, 6.07) is 76.9. The Labute approximate surface area is 328 Å². The van der Waals surface area contributed by atoms with Gasteiger partial charge < -0.3 is 9.47 Å². The fourth-order valence-electron chi connectivity index (χ4n) is 5.86. The molecule has 53 heavy (non-hydrogen) atoms. The molecule has 0 heterocycles. The highest BCUT2D eigenvalue weighted by Crippen LogP contribution is 2.34. The molecule has 0 fully saturated rings. The second kappa shape index (κ2) is 17.1. The molecule has 0 aliphatic heterocycles. The molecule has 8 aromatic rings. The summed E-state index contributed by atoms with van der Waals surface area (Å²) in [5.41, 5.74) is 0. The number of rotatable bonds is 12. The van der Waals surface area contributed by atoms with E-state index < -0.39 is 0 Å². The van der Waals surface area contributed by atoms with Gasteiger partial charge in [-0.15, -0.1) is 0 Å². The van der Waals surface area contributed by atoms with Gasteiger partial charge in [-0.05, 0) is 146 Å². The summed E-state index contributed by atoms with van der Waals surface area (Å²) in [4.78, 5) is 7.73. The molecule has 0 spiro atoms. The van der Waals surface area contributed by atoms with Gasteiger partial charge in [0.25, 0.3) is 0 Å². The molecule has 5 heteroatoms. The summed E-state index contributed by atoms with van der Waals surface area (Å²) < 4.78 is 15.2. The summed E-state index contributed by atoms with van der Waals surface area (Å²) >= 11 is -0.341. The summed E-state index contributed by atoms with van der Waals surface area (Å²) in [6.07, 6.45) is 0. The van der Waals surface area contributed by atoms with Gasteiger partial charge in [-0.3, -0.25) is 0 Å². The molecular weight excluding hydrogens is 800 g/mol. The maximum atomic E-state index is 6.27. The first-order chi connectivity index (χ1) is 26.2. The van der Waals surface area contributed by atoms with Crippen LogP contribution in [0.2, 0.25) is 0 Å². The molecule has 0 radical (unpaired) electrons. The van der Waals surface area contributed by atoms with Crippen LogP contribution in [0.15, 0.2) is 248 Å². The van der Waals surface area contributed by atoms with E-state index >= 15 is 0 Å². The van der Waals surface area contributed by atoms with Crippen molar-refractivity contribution >= 4 is 21.8 Å². The van der Waals surface area contributed by atoms with Gasteiger partial charge in [0.05, 0.1) is 21.8 Å². The Kier molecular flexibility index (Phi) is 11.2. The summed E-state index contributed by atoms with van der Waals surface area (Å²) in [5.74, 6) is 3.34. The van der Waals surface area contributed by atoms with E-state index in [-0.39, 0.29) is 43.0 Å². The van der Waals surface area contributed by atoms with Crippen LogP contribution in [-0.2, 0) is 21.8 Å². The smallest absolute Gasteiger partial charge is 0.357 e. The minimum Gasteiger partial charge on any atom is -0.457 e. The van der Waals surface area contributed by atoms with Crippen LogP contribution in [0, 0.1) is 7.14 Å². The second-order valence-corrected chi connectivity index (χ2v) is 19.1. The highest BCUT2D eigenvalue weighted by Gasteiger charge is 2.29. The third kappa shape index (κ3) is 8.88. The Bertz CT molecular complexity index is 2070. The van der Waals surface area contributed by atoms with Crippen LogP contribution in [0.5, 0.6) is 23.0 Å². The molecule has 0 atom stereocenters. The van der Waals surface area contributed by atoms with E-state index in [0.29, 0.717) is 0 Å². The van der Waals surface area contributed by atoms with Gasteiger partial charge in [0.15, 0.2) is 36.5 Å². The minimum absolute atomic E-state index is 0.179. The van der Waals surface area contributed by atoms with Gasteiger partial charge in [0.1, 0.15) is 23.0 Å². The Morgan fingerprint density at radius 3 is 0.736 bits per heavy atom. The first-order valence-electron chi connectivity index (χ1n) is 17.3. The van der Waals surface area contributed by atoms with Crippen molar-refractivity contribution in [2.45, 2.75) is 29.4 Å². The molecule has 2 nitrogen and oxygen atoms in total. The highest BCUT2D eigenvalue weighted by molar-refractivity contribution is 7.97. The lowest BCUT2D eigenvalue weighted by Gasteiger charge is -2.09. The molecule has 0 amide bonds. The maximum Gasteiger partial charge on any atom is 0.357 e. The predicted molar refractivity (Wildman–Crippen MR) is 213 cm³/mol. The molecular formula is C48H36IO2S2+3. The standard InChI is InChI=1S/C48H36IO2S2/c1-5-13-43(14-6-1)52(44-15-7-2-8-16-44)47-33-29-41(30-34-47)50-39-25-21-37(22-26-39)49-38-23-27-40(28-24-38)51-42-31-35-48(36-32-42)53(45-17-9-3-10-18-45)46-19-11-4-12-20-46/h1-36H/q+3. The largest absolute Gasteiger partial charge is 0.457 e. The molecule has 0 aromatic heterocycles. The number of hydrogen-bond donors (Lipinski definition) is 0. The minimum atomic E-state index is -0.341.